The SMILES string of the molecule is Cc1cc(NC2CCCCCCCCCCC2)ccc1Br. The Balaban J connectivity index is 1.88. The molecule has 1 aromatic rings. The summed E-state index contributed by atoms with van der Waals surface area (Å²) >= 11 is 3.58. The molecule has 2 heteroatoms. The fourth-order valence-electron chi connectivity index (χ4n) is 3.28. The summed E-state index contributed by atoms with van der Waals surface area (Å²) in [5, 5.41) is 3.78. The first-order valence-corrected chi connectivity index (χ1v) is 9.58. The fraction of sp³-hybridized carbons (Fsp3) is 0.684. The van der Waals surface area contributed by atoms with Gasteiger partial charge in [-0.3, -0.25) is 0 Å². The minimum absolute atomic E-state index is 0.657. The fourth-order valence-corrected chi connectivity index (χ4v) is 3.52. The number of hydrogen-bond acceptors (Lipinski definition) is 1. The molecule has 21 heavy (non-hydrogen) atoms. The van der Waals surface area contributed by atoms with E-state index in [2.05, 4.69) is 46.4 Å². The quantitative estimate of drug-likeness (QED) is 0.614. The number of nitrogens with one attached hydrogen (secondary N) is 1. The summed E-state index contributed by atoms with van der Waals surface area (Å²) in [4.78, 5) is 0. The average molecular weight is 352 g/mol. The van der Waals surface area contributed by atoms with Crippen LogP contribution in [0.4, 0.5) is 5.69 Å². The van der Waals surface area contributed by atoms with Crippen molar-refractivity contribution in [3.05, 3.63) is 28.2 Å². The normalized spacial score (nSPS) is 19.5. The van der Waals surface area contributed by atoms with Gasteiger partial charge in [0.05, 0.1) is 0 Å². The van der Waals surface area contributed by atoms with Crippen molar-refractivity contribution in [1.82, 2.24) is 0 Å². The standard InChI is InChI=1S/C19H30BrN/c1-16-15-18(13-14-19(16)20)21-17-11-9-7-5-3-2-4-6-8-10-12-17/h13-15,17,21H,2-12H2,1H3. The van der Waals surface area contributed by atoms with Crippen LogP contribution in [0, 0.1) is 6.92 Å². The van der Waals surface area contributed by atoms with Gasteiger partial charge in [0, 0.05) is 16.2 Å². The third kappa shape index (κ3) is 6.42. The maximum Gasteiger partial charge on any atom is 0.0345 e. The predicted octanol–water partition coefficient (Wildman–Crippen LogP) is 6.84. The van der Waals surface area contributed by atoms with Crippen molar-refractivity contribution in [3.63, 3.8) is 0 Å². The Morgan fingerprint density at radius 3 is 1.90 bits per heavy atom. The Morgan fingerprint density at radius 1 is 0.857 bits per heavy atom. The molecule has 0 radical (unpaired) electrons. The van der Waals surface area contributed by atoms with Crippen LogP contribution in [0.2, 0.25) is 0 Å². The lowest BCUT2D eigenvalue weighted by Gasteiger charge is -2.21. The van der Waals surface area contributed by atoms with E-state index >= 15 is 0 Å². The van der Waals surface area contributed by atoms with Crippen LogP contribution in [0.1, 0.15) is 76.2 Å². The largest absolute Gasteiger partial charge is 0.382 e. The Bertz CT molecular complexity index is 404. The van der Waals surface area contributed by atoms with E-state index in [1.165, 1.54) is 86.4 Å². The van der Waals surface area contributed by atoms with E-state index in [4.69, 9.17) is 0 Å². The van der Waals surface area contributed by atoms with Crippen LogP contribution in [0.25, 0.3) is 0 Å². The number of hydrogen-bond donors (Lipinski definition) is 1. The van der Waals surface area contributed by atoms with E-state index in [1.54, 1.807) is 0 Å². The van der Waals surface area contributed by atoms with E-state index < -0.39 is 0 Å². The lowest BCUT2D eigenvalue weighted by molar-refractivity contribution is 0.480. The summed E-state index contributed by atoms with van der Waals surface area (Å²) in [7, 11) is 0. The molecule has 0 heterocycles. The van der Waals surface area contributed by atoms with Crippen LogP contribution < -0.4 is 5.32 Å². The van der Waals surface area contributed by atoms with Gasteiger partial charge >= 0.3 is 0 Å². The Labute approximate surface area is 139 Å². The molecule has 0 aromatic heterocycles. The van der Waals surface area contributed by atoms with Crippen LogP contribution in [-0.4, -0.2) is 6.04 Å². The maximum absolute atomic E-state index is 3.78. The van der Waals surface area contributed by atoms with Gasteiger partial charge in [0.2, 0.25) is 0 Å². The van der Waals surface area contributed by atoms with Crippen LogP contribution in [0.15, 0.2) is 22.7 Å². The van der Waals surface area contributed by atoms with Gasteiger partial charge in [-0.1, -0.05) is 73.7 Å². The van der Waals surface area contributed by atoms with Gasteiger partial charge in [-0.2, -0.15) is 0 Å². The topological polar surface area (TPSA) is 12.0 Å². The molecule has 2 rings (SSSR count). The van der Waals surface area contributed by atoms with E-state index in [1.807, 2.05) is 0 Å². The maximum atomic E-state index is 3.78. The second kappa shape index (κ2) is 9.50. The summed E-state index contributed by atoms with van der Waals surface area (Å²) in [5.74, 6) is 0. The van der Waals surface area contributed by atoms with Gasteiger partial charge in [-0.25, -0.2) is 0 Å². The van der Waals surface area contributed by atoms with Gasteiger partial charge in [0.15, 0.2) is 0 Å². The molecule has 1 nitrogen and oxygen atoms in total. The Hall–Kier alpha value is -0.500. The number of rotatable bonds is 2. The van der Waals surface area contributed by atoms with Crippen LogP contribution >= 0.6 is 15.9 Å². The zero-order valence-electron chi connectivity index (χ0n) is 13.5. The highest BCUT2D eigenvalue weighted by Crippen LogP contribution is 2.23. The molecule has 1 aromatic carbocycles. The van der Waals surface area contributed by atoms with Crippen molar-refractivity contribution in [2.75, 3.05) is 5.32 Å². The van der Waals surface area contributed by atoms with Crippen molar-refractivity contribution in [2.45, 2.75) is 83.6 Å². The molecule has 1 saturated carbocycles. The van der Waals surface area contributed by atoms with Crippen molar-refractivity contribution < 1.29 is 0 Å². The summed E-state index contributed by atoms with van der Waals surface area (Å²) in [6.45, 7) is 2.16. The Kier molecular flexibility index (Phi) is 7.63. The van der Waals surface area contributed by atoms with Crippen molar-refractivity contribution in [1.29, 1.82) is 0 Å². The molecule has 0 atom stereocenters. The smallest absolute Gasteiger partial charge is 0.0345 e. The lowest BCUT2D eigenvalue weighted by atomic mass is 9.97. The van der Waals surface area contributed by atoms with Gasteiger partial charge in [0.25, 0.3) is 0 Å². The first-order valence-electron chi connectivity index (χ1n) is 8.78. The van der Waals surface area contributed by atoms with Crippen LogP contribution in [0.5, 0.6) is 0 Å². The monoisotopic (exact) mass is 351 g/mol. The summed E-state index contributed by atoms with van der Waals surface area (Å²) in [5.41, 5.74) is 2.60. The molecule has 0 spiro atoms. The van der Waals surface area contributed by atoms with Gasteiger partial charge in [-0.05, 0) is 43.5 Å². The minimum Gasteiger partial charge on any atom is -0.382 e. The third-order valence-corrected chi connectivity index (χ3v) is 5.52. The molecule has 1 fully saturated rings. The molecule has 1 aliphatic carbocycles. The highest BCUT2D eigenvalue weighted by molar-refractivity contribution is 9.10. The summed E-state index contributed by atoms with van der Waals surface area (Å²) in [6, 6.07) is 7.28. The molecule has 0 amide bonds. The van der Waals surface area contributed by atoms with Crippen LogP contribution in [-0.2, 0) is 0 Å². The number of anilines is 1. The van der Waals surface area contributed by atoms with Gasteiger partial charge in [-0.15, -0.1) is 0 Å². The first-order chi connectivity index (χ1) is 10.3. The van der Waals surface area contributed by atoms with E-state index in [-0.39, 0.29) is 0 Å². The predicted molar refractivity (Wildman–Crippen MR) is 97.1 cm³/mol. The van der Waals surface area contributed by atoms with E-state index in [0.717, 1.165) is 0 Å². The minimum atomic E-state index is 0.657. The molecule has 0 aliphatic heterocycles. The molecule has 0 bridgehead atoms. The van der Waals surface area contributed by atoms with E-state index in [0.29, 0.717) is 6.04 Å². The van der Waals surface area contributed by atoms with Crippen molar-refractivity contribution in [2.24, 2.45) is 0 Å². The molecule has 1 N–H and O–H groups in total. The molecular weight excluding hydrogens is 322 g/mol. The van der Waals surface area contributed by atoms with Crippen molar-refractivity contribution >= 4 is 21.6 Å². The van der Waals surface area contributed by atoms with E-state index in [9.17, 15) is 0 Å². The first kappa shape index (κ1) is 16.9. The average Bonchev–Trinajstić information content (AvgIpc) is 2.46. The zero-order chi connectivity index (χ0) is 14.9. The van der Waals surface area contributed by atoms with Gasteiger partial charge in [0.1, 0.15) is 0 Å². The molecular formula is C19H30BrN. The molecule has 118 valence electrons. The second-order valence-corrected chi connectivity index (χ2v) is 7.42. The van der Waals surface area contributed by atoms with Crippen molar-refractivity contribution in [3.8, 4) is 0 Å². The van der Waals surface area contributed by atoms with Crippen LogP contribution in [0.3, 0.4) is 0 Å². The number of aryl methyl sites for hydroxylation is 1. The number of halogens is 1. The lowest BCUT2D eigenvalue weighted by Crippen LogP contribution is -2.19. The molecule has 1 aliphatic rings. The summed E-state index contributed by atoms with van der Waals surface area (Å²) < 4.78 is 1.20. The summed E-state index contributed by atoms with van der Waals surface area (Å²) in [6.07, 6.45) is 15.5. The molecule has 0 saturated heterocycles. The highest BCUT2D eigenvalue weighted by Gasteiger charge is 2.10. The number of benzene rings is 1. The second-order valence-electron chi connectivity index (χ2n) is 6.56. The zero-order valence-corrected chi connectivity index (χ0v) is 15.1. The third-order valence-electron chi connectivity index (χ3n) is 4.63. The molecule has 0 unspecified atom stereocenters. The highest BCUT2D eigenvalue weighted by atomic mass is 79.9. The van der Waals surface area contributed by atoms with Gasteiger partial charge < -0.3 is 5.32 Å². The Morgan fingerprint density at radius 2 is 1.38 bits per heavy atom.